The first kappa shape index (κ1) is 20.1. The summed E-state index contributed by atoms with van der Waals surface area (Å²) in [6.07, 6.45) is 1.81. The van der Waals surface area contributed by atoms with Gasteiger partial charge in [0.25, 0.3) is 0 Å². The molecule has 0 unspecified atom stereocenters. The van der Waals surface area contributed by atoms with E-state index in [4.69, 9.17) is 4.74 Å². The zero-order chi connectivity index (χ0) is 18.8. The molecule has 0 spiro atoms. The zero-order valence-electron chi connectivity index (χ0n) is 16.0. The second-order valence-electron chi connectivity index (χ2n) is 6.27. The Hall–Kier alpha value is -2.19. The summed E-state index contributed by atoms with van der Waals surface area (Å²) < 4.78 is 4.94. The second kappa shape index (κ2) is 10.7. The molecule has 2 rings (SSSR count). The predicted octanol–water partition coefficient (Wildman–Crippen LogP) is -0.154. The van der Waals surface area contributed by atoms with Crippen LogP contribution in [-0.4, -0.2) is 86.7 Å². The van der Waals surface area contributed by atoms with Crippen LogP contribution in [0.25, 0.3) is 0 Å². The van der Waals surface area contributed by atoms with E-state index in [0.717, 1.165) is 37.8 Å². The van der Waals surface area contributed by atoms with Gasteiger partial charge in [-0.2, -0.15) is 0 Å². The zero-order valence-corrected chi connectivity index (χ0v) is 16.0. The van der Waals surface area contributed by atoms with Crippen LogP contribution in [0.4, 0.5) is 0 Å². The van der Waals surface area contributed by atoms with Crippen LogP contribution in [0.15, 0.2) is 23.3 Å². The van der Waals surface area contributed by atoms with Gasteiger partial charge in [0.2, 0.25) is 5.91 Å². The summed E-state index contributed by atoms with van der Waals surface area (Å²) in [7, 11) is 3.42. The smallest absolute Gasteiger partial charge is 0.234 e. The molecule has 144 valence electrons. The van der Waals surface area contributed by atoms with Crippen LogP contribution >= 0.6 is 0 Å². The van der Waals surface area contributed by atoms with Gasteiger partial charge < -0.3 is 20.3 Å². The van der Waals surface area contributed by atoms with Crippen LogP contribution in [0.1, 0.15) is 11.3 Å². The molecule has 1 saturated heterocycles. The van der Waals surface area contributed by atoms with Crippen LogP contribution in [-0.2, 0) is 16.1 Å². The number of guanidine groups is 1. The van der Waals surface area contributed by atoms with Crippen molar-refractivity contribution < 1.29 is 9.53 Å². The van der Waals surface area contributed by atoms with E-state index >= 15 is 0 Å². The minimum absolute atomic E-state index is 0.0450. The highest BCUT2D eigenvalue weighted by molar-refractivity contribution is 5.80. The van der Waals surface area contributed by atoms with Gasteiger partial charge in [0.15, 0.2) is 5.96 Å². The van der Waals surface area contributed by atoms with E-state index < -0.39 is 0 Å². The molecule has 0 aliphatic carbocycles. The maximum atomic E-state index is 11.9. The van der Waals surface area contributed by atoms with Gasteiger partial charge in [-0.25, -0.2) is 0 Å². The number of carbonyl (C=O) groups excluding carboxylic acids is 1. The van der Waals surface area contributed by atoms with Crippen LogP contribution in [0.3, 0.4) is 0 Å². The van der Waals surface area contributed by atoms with E-state index in [1.807, 2.05) is 12.3 Å². The van der Waals surface area contributed by atoms with Crippen molar-refractivity contribution in [3.8, 4) is 0 Å². The number of carbonyl (C=O) groups is 1. The molecule has 1 fully saturated rings. The highest BCUT2D eigenvalue weighted by Crippen LogP contribution is 2.05. The third-order valence-corrected chi connectivity index (χ3v) is 4.41. The number of ether oxygens (including phenoxy) is 1. The van der Waals surface area contributed by atoms with Gasteiger partial charge in [0, 0.05) is 53.1 Å². The second-order valence-corrected chi connectivity index (χ2v) is 6.27. The molecule has 0 bridgehead atoms. The number of hydrogen-bond acceptors (Lipinski definition) is 5. The van der Waals surface area contributed by atoms with Gasteiger partial charge in [-0.1, -0.05) is 6.07 Å². The largest absolute Gasteiger partial charge is 0.383 e. The Morgan fingerprint density at radius 2 is 2.08 bits per heavy atom. The Morgan fingerprint density at radius 1 is 1.31 bits per heavy atom. The third-order valence-electron chi connectivity index (χ3n) is 4.41. The lowest BCUT2D eigenvalue weighted by Crippen LogP contribution is -2.54. The molecule has 8 nitrogen and oxygen atoms in total. The minimum atomic E-state index is 0.0450. The highest BCUT2D eigenvalue weighted by atomic mass is 16.5. The molecule has 0 radical (unpaired) electrons. The summed E-state index contributed by atoms with van der Waals surface area (Å²) >= 11 is 0. The van der Waals surface area contributed by atoms with E-state index in [-0.39, 0.29) is 5.91 Å². The SMILES string of the molecule is CN=C(NCc1ncccc1C)N1CCN(CC(=O)NCCOC)CC1. The summed E-state index contributed by atoms with van der Waals surface area (Å²) in [6.45, 7) is 7.58. The summed E-state index contributed by atoms with van der Waals surface area (Å²) in [5.74, 6) is 0.919. The van der Waals surface area contributed by atoms with Crippen molar-refractivity contribution >= 4 is 11.9 Å². The van der Waals surface area contributed by atoms with Gasteiger partial charge in [0.1, 0.15) is 0 Å². The third kappa shape index (κ3) is 6.27. The van der Waals surface area contributed by atoms with E-state index in [2.05, 4.69) is 43.4 Å². The summed E-state index contributed by atoms with van der Waals surface area (Å²) in [5.41, 5.74) is 2.19. The van der Waals surface area contributed by atoms with Crippen LogP contribution in [0.2, 0.25) is 0 Å². The lowest BCUT2D eigenvalue weighted by Gasteiger charge is -2.36. The lowest BCUT2D eigenvalue weighted by molar-refractivity contribution is -0.122. The van der Waals surface area contributed by atoms with Crippen molar-refractivity contribution in [3.63, 3.8) is 0 Å². The minimum Gasteiger partial charge on any atom is -0.383 e. The first-order chi connectivity index (χ1) is 12.6. The quantitative estimate of drug-likeness (QED) is 0.399. The first-order valence-electron chi connectivity index (χ1n) is 8.98. The summed E-state index contributed by atoms with van der Waals surface area (Å²) in [4.78, 5) is 25.1. The molecule has 8 heteroatoms. The van der Waals surface area contributed by atoms with Gasteiger partial charge in [-0.05, 0) is 18.6 Å². The van der Waals surface area contributed by atoms with Crippen molar-refractivity contribution in [3.05, 3.63) is 29.6 Å². The molecule has 26 heavy (non-hydrogen) atoms. The first-order valence-corrected chi connectivity index (χ1v) is 8.98. The Balaban J connectivity index is 1.75. The van der Waals surface area contributed by atoms with E-state index in [0.29, 0.717) is 26.2 Å². The average Bonchev–Trinajstić information content (AvgIpc) is 2.65. The van der Waals surface area contributed by atoms with E-state index in [1.54, 1.807) is 14.2 Å². The fraction of sp³-hybridized carbons (Fsp3) is 0.611. The van der Waals surface area contributed by atoms with Crippen molar-refractivity contribution in [2.75, 3.05) is 60.0 Å². The number of pyridine rings is 1. The van der Waals surface area contributed by atoms with Gasteiger partial charge >= 0.3 is 0 Å². The number of hydrogen-bond donors (Lipinski definition) is 2. The number of aliphatic imine (C=N–C) groups is 1. The molecule has 2 N–H and O–H groups in total. The normalized spacial score (nSPS) is 15.8. The standard InChI is InChI=1S/C18H30N6O2/c1-15-5-4-6-20-16(15)13-22-18(19-2)24-10-8-23(9-11-24)14-17(25)21-7-12-26-3/h4-6H,7-14H2,1-3H3,(H,19,22)(H,21,25). The maximum absolute atomic E-state index is 11.9. The molecule has 1 aromatic rings. The lowest BCUT2D eigenvalue weighted by atomic mass is 10.2. The predicted molar refractivity (Wildman–Crippen MR) is 102 cm³/mol. The fourth-order valence-corrected chi connectivity index (χ4v) is 2.87. The van der Waals surface area contributed by atoms with E-state index in [9.17, 15) is 4.79 Å². The van der Waals surface area contributed by atoms with Crippen LogP contribution < -0.4 is 10.6 Å². The summed E-state index contributed by atoms with van der Waals surface area (Å²) in [5, 5.41) is 6.25. The Labute approximate surface area is 155 Å². The molecule has 1 aromatic heterocycles. The van der Waals surface area contributed by atoms with E-state index in [1.165, 1.54) is 5.56 Å². The number of rotatable bonds is 7. The van der Waals surface area contributed by atoms with Crippen molar-refractivity contribution in [2.24, 2.45) is 4.99 Å². The van der Waals surface area contributed by atoms with Gasteiger partial charge in [0.05, 0.1) is 25.4 Å². The number of piperazine rings is 1. The number of nitrogens with one attached hydrogen (secondary N) is 2. The number of methoxy groups -OCH3 is 1. The molecular formula is C18H30N6O2. The van der Waals surface area contributed by atoms with Gasteiger partial charge in [-0.3, -0.25) is 19.7 Å². The Morgan fingerprint density at radius 3 is 2.73 bits per heavy atom. The van der Waals surface area contributed by atoms with Gasteiger partial charge in [-0.15, -0.1) is 0 Å². The molecule has 0 saturated carbocycles. The Kier molecular flexibility index (Phi) is 8.30. The molecule has 0 aromatic carbocycles. The van der Waals surface area contributed by atoms with Crippen molar-refractivity contribution in [1.29, 1.82) is 0 Å². The topological polar surface area (TPSA) is 82.1 Å². The number of nitrogens with zero attached hydrogens (tertiary/aromatic N) is 4. The van der Waals surface area contributed by atoms with Crippen LogP contribution in [0.5, 0.6) is 0 Å². The average molecular weight is 362 g/mol. The molecule has 1 aliphatic rings. The summed E-state index contributed by atoms with van der Waals surface area (Å²) in [6, 6.07) is 4.00. The number of amides is 1. The molecule has 2 heterocycles. The Bertz CT molecular complexity index is 599. The molecule has 1 aliphatic heterocycles. The molecule has 0 atom stereocenters. The number of aryl methyl sites for hydroxylation is 1. The maximum Gasteiger partial charge on any atom is 0.234 e. The highest BCUT2D eigenvalue weighted by Gasteiger charge is 2.21. The van der Waals surface area contributed by atoms with Crippen molar-refractivity contribution in [1.82, 2.24) is 25.4 Å². The molecule has 1 amide bonds. The van der Waals surface area contributed by atoms with Crippen LogP contribution in [0, 0.1) is 6.92 Å². The number of aromatic nitrogens is 1. The fourth-order valence-electron chi connectivity index (χ4n) is 2.87. The van der Waals surface area contributed by atoms with Crippen molar-refractivity contribution in [2.45, 2.75) is 13.5 Å². The monoisotopic (exact) mass is 362 g/mol. The molecular weight excluding hydrogens is 332 g/mol.